The van der Waals surface area contributed by atoms with E-state index in [1.165, 1.54) is 16.4 Å². The van der Waals surface area contributed by atoms with Crippen LogP contribution in [0.4, 0.5) is 0 Å². The molecule has 21 heavy (non-hydrogen) atoms. The Bertz CT molecular complexity index is 620. The summed E-state index contributed by atoms with van der Waals surface area (Å²) < 4.78 is 27.7. The van der Waals surface area contributed by atoms with Gasteiger partial charge in [0.25, 0.3) is 10.2 Å². The maximum atomic E-state index is 12.0. The number of hydrogen-bond acceptors (Lipinski definition) is 4. The molecule has 0 saturated carbocycles. The molecule has 0 aliphatic heterocycles. The summed E-state index contributed by atoms with van der Waals surface area (Å²) in [5.41, 5.74) is 0.797. The van der Waals surface area contributed by atoms with Gasteiger partial charge in [-0.25, -0.2) is 4.79 Å². The van der Waals surface area contributed by atoms with Crippen molar-refractivity contribution in [1.82, 2.24) is 9.03 Å². The standard InChI is InChI=1S/C13H17N3O4S/c1-2-16(9-3-8-14)21(19,20)15-10-11-4-6-12(7-5-11)13(17)18/h4-7,15H,2-3,9-10H2,1H3,(H,17,18). The first-order valence-corrected chi connectivity index (χ1v) is 7.78. The molecule has 1 rings (SSSR count). The van der Waals surface area contributed by atoms with E-state index in [9.17, 15) is 13.2 Å². The van der Waals surface area contributed by atoms with Crippen LogP contribution in [0.1, 0.15) is 29.3 Å². The van der Waals surface area contributed by atoms with Crippen molar-refractivity contribution in [1.29, 1.82) is 5.26 Å². The molecule has 7 nitrogen and oxygen atoms in total. The first kappa shape index (κ1) is 17.1. The minimum absolute atomic E-state index is 0.0608. The highest BCUT2D eigenvalue weighted by atomic mass is 32.2. The second kappa shape index (κ2) is 7.73. The second-order valence-electron chi connectivity index (χ2n) is 4.23. The lowest BCUT2D eigenvalue weighted by molar-refractivity contribution is 0.0697. The number of carboxylic acids is 1. The lowest BCUT2D eigenvalue weighted by atomic mass is 10.1. The number of carbonyl (C=O) groups is 1. The van der Waals surface area contributed by atoms with E-state index < -0.39 is 16.2 Å². The highest BCUT2D eigenvalue weighted by Gasteiger charge is 2.19. The molecule has 1 aromatic carbocycles. The summed E-state index contributed by atoms with van der Waals surface area (Å²) in [6.45, 7) is 2.17. The normalized spacial score (nSPS) is 11.3. The molecule has 0 aliphatic carbocycles. The van der Waals surface area contributed by atoms with Crippen LogP contribution >= 0.6 is 0 Å². The molecule has 114 valence electrons. The van der Waals surface area contributed by atoms with Gasteiger partial charge in [-0.1, -0.05) is 19.1 Å². The molecule has 0 saturated heterocycles. The Labute approximate surface area is 124 Å². The minimum Gasteiger partial charge on any atom is -0.478 e. The van der Waals surface area contributed by atoms with Crippen molar-refractivity contribution in [2.75, 3.05) is 13.1 Å². The van der Waals surface area contributed by atoms with Crippen molar-refractivity contribution in [3.05, 3.63) is 35.4 Å². The number of carboxylic acid groups (broad SMARTS) is 1. The molecule has 1 aromatic rings. The molecule has 0 unspecified atom stereocenters. The largest absolute Gasteiger partial charge is 0.478 e. The average molecular weight is 311 g/mol. The molecule has 0 bridgehead atoms. The minimum atomic E-state index is -3.65. The van der Waals surface area contributed by atoms with Crippen molar-refractivity contribution in [2.24, 2.45) is 0 Å². The van der Waals surface area contributed by atoms with E-state index in [1.54, 1.807) is 19.1 Å². The van der Waals surface area contributed by atoms with Gasteiger partial charge in [0.2, 0.25) is 0 Å². The summed E-state index contributed by atoms with van der Waals surface area (Å²) in [6, 6.07) is 7.84. The predicted molar refractivity (Wildman–Crippen MR) is 76.6 cm³/mol. The maximum absolute atomic E-state index is 12.0. The van der Waals surface area contributed by atoms with Crippen LogP contribution in [0, 0.1) is 11.3 Å². The van der Waals surface area contributed by atoms with Crippen molar-refractivity contribution in [3.8, 4) is 6.07 Å². The number of benzene rings is 1. The fourth-order valence-corrected chi connectivity index (χ4v) is 2.86. The van der Waals surface area contributed by atoms with E-state index in [0.717, 1.165) is 0 Å². The van der Waals surface area contributed by atoms with Gasteiger partial charge in [0.1, 0.15) is 0 Å². The summed E-state index contributed by atoms with van der Waals surface area (Å²) >= 11 is 0. The third-order valence-electron chi connectivity index (χ3n) is 2.83. The lowest BCUT2D eigenvalue weighted by Crippen LogP contribution is -2.40. The van der Waals surface area contributed by atoms with Crippen LogP contribution in [0.3, 0.4) is 0 Å². The first-order valence-electron chi connectivity index (χ1n) is 6.34. The van der Waals surface area contributed by atoms with Crippen LogP contribution in [0.25, 0.3) is 0 Å². The van der Waals surface area contributed by atoms with Crippen LogP contribution in [-0.4, -0.2) is 36.9 Å². The van der Waals surface area contributed by atoms with E-state index in [4.69, 9.17) is 10.4 Å². The molecule has 0 amide bonds. The average Bonchev–Trinajstić information content (AvgIpc) is 2.46. The molecule has 0 spiro atoms. The number of aromatic carboxylic acids is 1. The highest BCUT2D eigenvalue weighted by Crippen LogP contribution is 2.06. The van der Waals surface area contributed by atoms with Crippen LogP contribution in [-0.2, 0) is 16.8 Å². The van der Waals surface area contributed by atoms with Crippen molar-refractivity contribution in [2.45, 2.75) is 19.9 Å². The number of hydrogen-bond donors (Lipinski definition) is 2. The van der Waals surface area contributed by atoms with E-state index >= 15 is 0 Å². The van der Waals surface area contributed by atoms with Gasteiger partial charge in [0.15, 0.2) is 0 Å². The van der Waals surface area contributed by atoms with Crippen LogP contribution in [0.5, 0.6) is 0 Å². The monoisotopic (exact) mass is 311 g/mol. The zero-order valence-electron chi connectivity index (χ0n) is 11.6. The van der Waals surface area contributed by atoms with Gasteiger partial charge in [-0.3, -0.25) is 0 Å². The molecular formula is C13H17N3O4S. The lowest BCUT2D eigenvalue weighted by Gasteiger charge is -2.19. The Balaban J connectivity index is 2.68. The Morgan fingerprint density at radius 1 is 1.38 bits per heavy atom. The smallest absolute Gasteiger partial charge is 0.335 e. The summed E-state index contributed by atoms with van der Waals surface area (Å²) in [6.07, 6.45) is 0.127. The third kappa shape index (κ3) is 5.15. The molecular weight excluding hydrogens is 294 g/mol. The van der Waals surface area contributed by atoms with Gasteiger partial charge >= 0.3 is 5.97 Å². The van der Waals surface area contributed by atoms with Gasteiger partial charge < -0.3 is 5.11 Å². The fourth-order valence-electron chi connectivity index (χ4n) is 1.65. The molecule has 2 N–H and O–H groups in total. The highest BCUT2D eigenvalue weighted by molar-refractivity contribution is 7.87. The number of nitriles is 1. The zero-order chi connectivity index (χ0) is 15.9. The van der Waals surface area contributed by atoms with Gasteiger partial charge in [-0.2, -0.15) is 22.7 Å². The molecule has 8 heteroatoms. The molecule has 0 radical (unpaired) electrons. The number of nitrogens with one attached hydrogen (secondary N) is 1. The number of rotatable bonds is 8. The van der Waals surface area contributed by atoms with E-state index in [-0.39, 0.29) is 31.6 Å². The summed E-state index contributed by atoms with van der Waals surface area (Å²) in [5, 5.41) is 17.3. The SMILES string of the molecule is CCN(CCC#N)S(=O)(=O)NCc1ccc(C(=O)O)cc1. The quantitative estimate of drug-likeness (QED) is 0.742. The Morgan fingerprint density at radius 2 is 2.00 bits per heavy atom. The second-order valence-corrected chi connectivity index (χ2v) is 5.98. The number of nitrogens with zero attached hydrogens (tertiary/aromatic N) is 2. The van der Waals surface area contributed by atoms with Crippen LogP contribution in [0.2, 0.25) is 0 Å². The van der Waals surface area contributed by atoms with E-state index in [0.29, 0.717) is 5.56 Å². The molecule has 0 heterocycles. The molecule has 0 aliphatic rings. The molecule has 0 atom stereocenters. The summed E-state index contributed by atoms with van der Waals surface area (Å²) in [4.78, 5) is 10.7. The molecule has 0 aromatic heterocycles. The van der Waals surface area contributed by atoms with E-state index in [1.807, 2.05) is 6.07 Å². The first-order chi connectivity index (χ1) is 9.90. The van der Waals surface area contributed by atoms with Gasteiger partial charge in [-0.05, 0) is 17.7 Å². The molecule has 0 fully saturated rings. The third-order valence-corrected chi connectivity index (χ3v) is 4.45. The predicted octanol–water partition coefficient (Wildman–Crippen LogP) is 0.955. The van der Waals surface area contributed by atoms with Crippen molar-refractivity contribution in [3.63, 3.8) is 0 Å². The van der Waals surface area contributed by atoms with Crippen LogP contribution < -0.4 is 4.72 Å². The Kier molecular flexibility index (Phi) is 6.30. The Morgan fingerprint density at radius 3 is 2.48 bits per heavy atom. The zero-order valence-corrected chi connectivity index (χ0v) is 12.4. The van der Waals surface area contributed by atoms with Gasteiger partial charge in [0.05, 0.1) is 11.6 Å². The van der Waals surface area contributed by atoms with Gasteiger partial charge in [0, 0.05) is 26.1 Å². The summed E-state index contributed by atoms with van der Waals surface area (Å²) in [7, 11) is -3.65. The van der Waals surface area contributed by atoms with Crippen molar-refractivity contribution >= 4 is 16.2 Å². The topological polar surface area (TPSA) is 111 Å². The maximum Gasteiger partial charge on any atom is 0.335 e. The van der Waals surface area contributed by atoms with Gasteiger partial charge in [-0.15, -0.1) is 0 Å². The summed E-state index contributed by atoms with van der Waals surface area (Å²) in [5.74, 6) is -1.03. The fraction of sp³-hybridized carbons (Fsp3) is 0.385. The van der Waals surface area contributed by atoms with E-state index in [2.05, 4.69) is 4.72 Å². The van der Waals surface area contributed by atoms with Crippen LogP contribution in [0.15, 0.2) is 24.3 Å². The van der Waals surface area contributed by atoms with Crippen molar-refractivity contribution < 1.29 is 18.3 Å². The Hall–Kier alpha value is -1.95.